The molecule has 0 saturated heterocycles. The second-order valence-electron chi connectivity index (χ2n) is 5.63. The summed E-state index contributed by atoms with van der Waals surface area (Å²) < 4.78 is 8.28. The molecule has 0 radical (unpaired) electrons. The van der Waals surface area contributed by atoms with E-state index in [2.05, 4.69) is 58.1 Å². The van der Waals surface area contributed by atoms with Crippen LogP contribution in [0.4, 0.5) is 0 Å². The fourth-order valence-corrected chi connectivity index (χ4v) is 2.71. The number of nitrogens with zero attached hydrogens (tertiary/aromatic N) is 2. The van der Waals surface area contributed by atoms with Crippen LogP contribution in [0, 0.1) is 0 Å². The first-order chi connectivity index (χ1) is 11.3. The Hall–Kier alpha value is -2.39. The summed E-state index contributed by atoms with van der Waals surface area (Å²) in [5, 5.41) is 0. The molecule has 3 heteroatoms. The van der Waals surface area contributed by atoms with Gasteiger partial charge in [0.25, 0.3) is 0 Å². The summed E-state index contributed by atoms with van der Waals surface area (Å²) in [7, 11) is 2.03. The van der Waals surface area contributed by atoms with Crippen LogP contribution in [0.2, 0.25) is 0 Å². The predicted molar refractivity (Wildman–Crippen MR) is 92.2 cm³/mol. The Balaban J connectivity index is 1.64. The molecule has 23 heavy (non-hydrogen) atoms. The summed E-state index contributed by atoms with van der Waals surface area (Å²) in [4.78, 5) is 4.36. The first-order valence-corrected chi connectivity index (χ1v) is 8.02. The van der Waals surface area contributed by atoms with Crippen LogP contribution in [-0.2, 0) is 18.2 Å². The summed E-state index contributed by atoms with van der Waals surface area (Å²) in [5.74, 6) is 1.10. The maximum Gasteiger partial charge on any atom is 0.108 e. The minimum absolute atomic E-state index is 0.0150. The van der Waals surface area contributed by atoms with Crippen molar-refractivity contribution in [1.82, 2.24) is 9.55 Å². The lowest BCUT2D eigenvalue weighted by Crippen LogP contribution is -2.09. The Morgan fingerprint density at radius 3 is 2.09 bits per heavy atom. The van der Waals surface area contributed by atoms with Crippen molar-refractivity contribution >= 4 is 0 Å². The van der Waals surface area contributed by atoms with E-state index in [4.69, 9.17) is 4.74 Å². The van der Waals surface area contributed by atoms with E-state index in [-0.39, 0.29) is 6.10 Å². The highest BCUT2D eigenvalue weighted by Crippen LogP contribution is 2.25. The van der Waals surface area contributed by atoms with E-state index < -0.39 is 0 Å². The van der Waals surface area contributed by atoms with Crippen molar-refractivity contribution in [2.75, 3.05) is 6.61 Å². The molecule has 3 nitrogen and oxygen atoms in total. The monoisotopic (exact) mass is 306 g/mol. The summed E-state index contributed by atoms with van der Waals surface area (Å²) >= 11 is 0. The standard InChI is InChI=1S/C20H22N2O/c1-22-15-14-21-19(22)13-8-16-23-20(17-9-4-2-5-10-17)18-11-6-3-7-12-18/h2-7,9-12,14-15,20H,8,13,16H2,1H3. The van der Waals surface area contributed by atoms with Crippen LogP contribution in [0.25, 0.3) is 0 Å². The third-order valence-corrected chi connectivity index (χ3v) is 3.95. The van der Waals surface area contributed by atoms with Gasteiger partial charge >= 0.3 is 0 Å². The molecule has 0 spiro atoms. The molecular formula is C20H22N2O. The molecule has 118 valence electrons. The normalized spacial score (nSPS) is 11.0. The first kappa shape index (κ1) is 15.5. The van der Waals surface area contributed by atoms with Crippen LogP contribution < -0.4 is 0 Å². The highest BCUT2D eigenvalue weighted by Gasteiger charge is 2.14. The maximum atomic E-state index is 6.22. The molecule has 0 atom stereocenters. The summed E-state index contributed by atoms with van der Waals surface area (Å²) in [6.07, 6.45) is 5.69. The molecule has 1 heterocycles. The van der Waals surface area contributed by atoms with Crippen molar-refractivity contribution in [2.45, 2.75) is 18.9 Å². The molecule has 3 rings (SSSR count). The molecule has 3 aromatic rings. The van der Waals surface area contributed by atoms with E-state index in [1.54, 1.807) is 0 Å². The SMILES string of the molecule is Cn1ccnc1CCCOC(c1ccccc1)c1ccccc1. The number of benzene rings is 2. The number of aryl methyl sites for hydroxylation is 2. The molecule has 0 unspecified atom stereocenters. The van der Waals surface area contributed by atoms with E-state index in [1.165, 1.54) is 11.1 Å². The van der Waals surface area contributed by atoms with Crippen molar-refractivity contribution < 1.29 is 4.74 Å². The predicted octanol–water partition coefficient (Wildman–Crippen LogP) is 4.16. The number of rotatable bonds is 7. The van der Waals surface area contributed by atoms with Gasteiger partial charge in [0, 0.05) is 32.5 Å². The average Bonchev–Trinajstić information content (AvgIpc) is 3.01. The number of hydrogen-bond acceptors (Lipinski definition) is 2. The van der Waals surface area contributed by atoms with Crippen molar-refractivity contribution in [3.05, 3.63) is 90.0 Å². The average molecular weight is 306 g/mol. The highest BCUT2D eigenvalue weighted by molar-refractivity contribution is 5.29. The van der Waals surface area contributed by atoms with E-state index >= 15 is 0 Å². The molecular weight excluding hydrogens is 284 g/mol. The molecule has 0 N–H and O–H groups in total. The fraction of sp³-hybridized carbons (Fsp3) is 0.250. The zero-order valence-electron chi connectivity index (χ0n) is 13.4. The molecule has 0 aliphatic rings. The summed E-state index contributed by atoms with van der Waals surface area (Å²) in [6.45, 7) is 0.710. The Morgan fingerprint density at radius 2 is 1.57 bits per heavy atom. The van der Waals surface area contributed by atoms with Crippen LogP contribution in [0.1, 0.15) is 29.5 Å². The fourth-order valence-electron chi connectivity index (χ4n) is 2.71. The van der Waals surface area contributed by atoms with Gasteiger partial charge in [0.2, 0.25) is 0 Å². The molecule has 0 saturated carbocycles. The lowest BCUT2D eigenvalue weighted by Gasteiger charge is -2.19. The minimum atomic E-state index is -0.0150. The maximum absolute atomic E-state index is 6.22. The highest BCUT2D eigenvalue weighted by atomic mass is 16.5. The van der Waals surface area contributed by atoms with Gasteiger partial charge in [-0.25, -0.2) is 4.98 Å². The lowest BCUT2D eigenvalue weighted by molar-refractivity contribution is 0.0780. The van der Waals surface area contributed by atoms with Crippen LogP contribution in [0.15, 0.2) is 73.1 Å². The summed E-state index contributed by atoms with van der Waals surface area (Å²) in [5.41, 5.74) is 2.38. The Bertz CT molecular complexity index is 667. The molecule has 0 aliphatic carbocycles. The second kappa shape index (κ2) is 7.75. The topological polar surface area (TPSA) is 27.1 Å². The Kier molecular flexibility index (Phi) is 5.22. The van der Waals surface area contributed by atoms with Gasteiger partial charge in [-0.3, -0.25) is 0 Å². The van der Waals surface area contributed by atoms with E-state index in [9.17, 15) is 0 Å². The minimum Gasteiger partial charge on any atom is -0.369 e. The van der Waals surface area contributed by atoms with Gasteiger partial charge in [-0.05, 0) is 17.5 Å². The first-order valence-electron chi connectivity index (χ1n) is 8.02. The molecule has 0 fully saturated rings. The Morgan fingerprint density at radius 1 is 0.957 bits per heavy atom. The van der Waals surface area contributed by atoms with Crippen molar-refractivity contribution in [3.8, 4) is 0 Å². The molecule has 0 aliphatic heterocycles. The number of aromatic nitrogens is 2. The number of imidazole rings is 1. The van der Waals surface area contributed by atoms with Gasteiger partial charge in [0.05, 0.1) is 0 Å². The van der Waals surface area contributed by atoms with Crippen molar-refractivity contribution in [3.63, 3.8) is 0 Å². The zero-order chi connectivity index (χ0) is 15.9. The molecule has 0 bridgehead atoms. The van der Waals surface area contributed by atoms with Gasteiger partial charge < -0.3 is 9.30 Å². The summed E-state index contributed by atoms with van der Waals surface area (Å²) in [6, 6.07) is 20.8. The molecule has 1 aromatic heterocycles. The van der Waals surface area contributed by atoms with Crippen molar-refractivity contribution in [1.29, 1.82) is 0 Å². The lowest BCUT2D eigenvalue weighted by atomic mass is 10.0. The largest absolute Gasteiger partial charge is 0.369 e. The van der Waals surface area contributed by atoms with Gasteiger partial charge in [-0.15, -0.1) is 0 Å². The van der Waals surface area contributed by atoms with Crippen LogP contribution >= 0.6 is 0 Å². The van der Waals surface area contributed by atoms with Crippen LogP contribution in [0.3, 0.4) is 0 Å². The van der Waals surface area contributed by atoms with Gasteiger partial charge in [0.1, 0.15) is 11.9 Å². The van der Waals surface area contributed by atoms with Gasteiger partial charge in [-0.1, -0.05) is 60.7 Å². The van der Waals surface area contributed by atoms with Crippen LogP contribution in [-0.4, -0.2) is 16.2 Å². The Labute approximate surface area is 137 Å². The number of ether oxygens (including phenoxy) is 1. The van der Waals surface area contributed by atoms with E-state index in [0.717, 1.165) is 18.7 Å². The zero-order valence-corrected chi connectivity index (χ0v) is 13.4. The third kappa shape index (κ3) is 4.08. The number of hydrogen-bond donors (Lipinski definition) is 0. The third-order valence-electron chi connectivity index (χ3n) is 3.95. The quantitative estimate of drug-likeness (QED) is 0.613. The van der Waals surface area contributed by atoms with Gasteiger partial charge in [0.15, 0.2) is 0 Å². The van der Waals surface area contributed by atoms with E-state index in [0.29, 0.717) is 6.61 Å². The molecule has 0 amide bonds. The smallest absolute Gasteiger partial charge is 0.108 e. The van der Waals surface area contributed by atoms with E-state index in [1.807, 2.05) is 31.6 Å². The molecule has 2 aromatic carbocycles. The van der Waals surface area contributed by atoms with Crippen LogP contribution in [0.5, 0.6) is 0 Å². The van der Waals surface area contributed by atoms with Crippen molar-refractivity contribution in [2.24, 2.45) is 7.05 Å². The van der Waals surface area contributed by atoms with Gasteiger partial charge in [-0.2, -0.15) is 0 Å². The second-order valence-corrected chi connectivity index (χ2v) is 5.63.